The van der Waals surface area contributed by atoms with Crippen LogP contribution in [0.1, 0.15) is 39.0 Å². The number of nitrogens with one attached hydrogen (secondary N) is 1. The largest absolute Gasteiger partial charge is 0.481 e. The van der Waals surface area contributed by atoms with Crippen LogP contribution in [-0.4, -0.2) is 36.1 Å². The summed E-state index contributed by atoms with van der Waals surface area (Å²) in [6.07, 6.45) is 2.64. The van der Waals surface area contributed by atoms with Crippen LogP contribution in [0.15, 0.2) is 0 Å². The first-order chi connectivity index (χ1) is 8.50. The first kappa shape index (κ1) is 14.5. The van der Waals surface area contributed by atoms with Gasteiger partial charge in [0.15, 0.2) is 0 Å². The van der Waals surface area contributed by atoms with E-state index in [4.69, 9.17) is 0 Å². The molecule has 0 spiro atoms. The Bertz CT molecular complexity index is 333. The third-order valence-electron chi connectivity index (χ3n) is 3.25. The molecule has 0 saturated heterocycles. The quantitative estimate of drug-likeness (QED) is 0.683. The summed E-state index contributed by atoms with van der Waals surface area (Å²) in [7, 11) is 0. The van der Waals surface area contributed by atoms with Crippen molar-refractivity contribution in [2.75, 3.05) is 13.2 Å². The Morgan fingerprint density at radius 1 is 1.28 bits per heavy atom. The fourth-order valence-corrected chi connectivity index (χ4v) is 2.27. The van der Waals surface area contributed by atoms with Gasteiger partial charge in [-0.15, -0.1) is 0 Å². The predicted octanol–water partition coefficient (Wildman–Crippen LogP) is 0.701. The molecule has 6 heteroatoms. The highest BCUT2D eigenvalue weighted by molar-refractivity contribution is 5.87. The zero-order valence-corrected chi connectivity index (χ0v) is 10.5. The molecule has 1 saturated carbocycles. The lowest BCUT2D eigenvalue weighted by Crippen LogP contribution is -2.37. The molecule has 1 aliphatic rings. The van der Waals surface area contributed by atoms with Crippen LogP contribution in [0, 0.1) is 5.41 Å². The topological polar surface area (TPSA) is 92.7 Å². The lowest BCUT2D eigenvalue weighted by Gasteiger charge is -2.22. The van der Waals surface area contributed by atoms with E-state index in [9.17, 15) is 19.5 Å². The first-order valence-corrected chi connectivity index (χ1v) is 6.16. The third-order valence-corrected chi connectivity index (χ3v) is 3.25. The van der Waals surface area contributed by atoms with Crippen molar-refractivity contribution in [1.29, 1.82) is 0 Å². The monoisotopic (exact) mass is 257 g/mol. The number of hydrogen-bond acceptors (Lipinski definition) is 4. The average Bonchev–Trinajstić information content (AvgIpc) is 2.77. The molecule has 0 aromatic carbocycles. The van der Waals surface area contributed by atoms with E-state index in [1.807, 2.05) is 0 Å². The summed E-state index contributed by atoms with van der Waals surface area (Å²) < 4.78 is 4.66. The van der Waals surface area contributed by atoms with Gasteiger partial charge in [-0.1, -0.05) is 12.8 Å². The van der Waals surface area contributed by atoms with Crippen LogP contribution in [0.4, 0.5) is 0 Å². The smallest absolute Gasteiger partial charge is 0.325 e. The molecule has 0 radical (unpaired) electrons. The van der Waals surface area contributed by atoms with Crippen LogP contribution >= 0.6 is 0 Å². The lowest BCUT2D eigenvalue weighted by molar-refractivity contribution is -0.151. The van der Waals surface area contributed by atoms with Gasteiger partial charge < -0.3 is 15.2 Å². The van der Waals surface area contributed by atoms with Crippen molar-refractivity contribution < 1.29 is 24.2 Å². The average molecular weight is 257 g/mol. The number of carboxylic acids is 1. The Kier molecular flexibility index (Phi) is 5.12. The molecule has 1 amide bonds. The standard InChI is InChI=1S/C12H19NO5/c1-2-18-10(15)8-13-9(14)7-12(11(16)17)5-3-4-6-12/h2-8H2,1H3,(H,13,14)(H,16,17). The van der Waals surface area contributed by atoms with Crippen molar-refractivity contribution in [3.8, 4) is 0 Å². The summed E-state index contributed by atoms with van der Waals surface area (Å²) in [4.78, 5) is 33.9. The van der Waals surface area contributed by atoms with Gasteiger partial charge in [0.25, 0.3) is 0 Å². The Balaban J connectivity index is 2.43. The summed E-state index contributed by atoms with van der Waals surface area (Å²) in [5, 5.41) is 11.6. The van der Waals surface area contributed by atoms with Crippen LogP contribution in [0.25, 0.3) is 0 Å². The van der Waals surface area contributed by atoms with Gasteiger partial charge in [0, 0.05) is 6.42 Å². The molecule has 0 aliphatic heterocycles. The van der Waals surface area contributed by atoms with Gasteiger partial charge in [0.2, 0.25) is 5.91 Å². The van der Waals surface area contributed by atoms with Gasteiger partial charge in [0.1, 0.15) is 6.54 Å². The second kappa shape index (κ2) is 6.37. The van der Waals surface area contributed by atoms with Crippen molar-refractivity contribution in [3.63, 3.8) is 0 Å². The highest BCUT2D eigenvalue weighted by Gasteiger charge is 2.42. The number of carbonyl (C=O) groups is 3. The molecular weight excluding hydrogens is 238 g/mol. The number of esters is 1. The minimum atomic E-state index is -0.946. The first-order valence-electron chi connectivity index (χ1n) is 6.16. The zero-order chi connectivity index (χ0) is 13.6. The number of rotatable bonds is 6. The second-order valence-corrected chi connectivity index (χ2v) is 4.55. The summed E-state index contributed by atoms with van der Waals surface area (Å²) >= 11 is 0. The van der Waals surface area contributed by atoms with Crippen LogP contribution in [-0.2, 0) is 19.1 Å². The third kappa shape index (κ3) is 3.72. The molecule has 1 rings (SSSR count). The number of hydrogen-bond donors (Lipinski definition) is 2. The normalized spacial score (nSPS) is 17.2. The van der Waals surface area contributed by atoms with Gasteiger partial charge in [-0.25, -0.2) is 0 Å². The molecule has 2 N–H and O–H groups in total. The van der Waals surface area contributed by atoms with Crippen molar-refractivity contribution in [2.24, 2.45) is 5.41 Å². The van der Waals surface area contributed by atoms with E-state index in [1.54, 1.807) is 6.92 Å². The molecule has 0 aromatic rings. The Morgan fingerprint density at radius 2 is 1.89 bits per heavy atom. The maximum Gasteiger partial charge on any atom is 0.325 e. The summed E-state index contributed by atoms with van der Waals surface area (Å²) in [6, 6.07) is 0. The summed E-state index contributed by atoms with van der Waals surface area (Å²) in [5.74, 6) is -1.85. The van der Waals surface area contributed by atoms with E-state index in [0.717, 1.165) is 12.8 Å². The van der Waals surface area contributed by atoms with Crippen LogP contribution in [0.5, 0.6) is 0 Å². The van der Waals surface area contributed by atoms with E-state index in [1.165, 1.54) is 0 Å². The molecule has 0 bridgehead atoms. The maximum atomic E-state index is 11.6. The van der Waals surface area contributed by atoms with Crippen molar-refractivity contribution >= 4 is 17.8 Å². The summed E-state index contributed by atoms with van der Waals surface area (Å²) in [5.41, 5.74) is -0.946. The van der Waals surface area contributed by atoms with Crippen LogP contribution < -0.4 is 5.32 Å². The number of ether oxygens (including phenoxy) is 1. The highest BCUT2D eigenvalue weighted by atomic mass is 16.5. The van der Waals surface area contributed by atoms with E-state index < -0.39 is 23.3 Å². The van der Waals surface area contributed by atoms with E-state index in [2.05, 4.69) is 10.1 Å². The van der Waals surface area contributed by atoms with E-state index in [-0.39, 0.29) is 19.6 Å². The number of amides is 1. The maximum absolute atomic E-state index is 11.6. The van der Waals surface area contributed by atoms with Gasteiger partial charge in [-0.3, -0.25) is 14.4 Å². The lowest BCUT2D eigenvalue weighted by atomic mass is 9.82. The van der Waals surface area contributed by atoms with Gasteiger partial charge in [-0.2, -0.15) is 0 Å². The Morgan fingerprint density at radius 3 is 2.39 bits per heavy atom. The predicted molar refractivity (Wildman–Crippen MR) is 62.8 cm³/mol. The minimum absolute atomic E-state index is 0.0677. The van der Waals surface area contributed by atoms with Crippen LogP contribution in [0.2, 0.25) is 0 Å². The zero-order valence-electron chi connectivity index (χ0n) is 10.5. The van der Waals surface area contributed by atoms with E-state index in [0.29, 0.717) is 12.8 Å². The van der Waals surface area contributed by atoms with E-state index >= 15 is 0 Å². The highest BCUT2D eigenvalue weighted by Crippen LogP contribution is 2.41. The molecule has 1 fully saturated rings. The van der Waals surface area contributed by atoms with Crippen LogP contribution in [0.3, 0.4) is 0 Å². The van der Waals surface area contributed by atoms with Gasteiger partial charge in [-0.05, 0) is 19.8 Å². The number of aliphatic carboxylic acids is 1. The Hall–Kier alpha value is -1.59. The van der Waals surface area contributed by atoms with Crippen molar-refractivity contribution in [3.05, 3.63) is 0 Å². The number of carboxylic acid groups (broad SMARTS) is 1. The van der Waals surface area contributed by atoms with Gasteiger partial charge in [0.05, 0.1) is 12.0 Å². The molecular formula is C12H19NO5. The molecule has 0 unspecified atom stereocenters. The summed E-state index contributed by atoms with van der Waals surface area (Å²) in [6.45, 7) is 1.73. The van der Waals surface area contributed by atoms with Crippen molar-refractivity contribution in [2.45, 2.75) is 39.0 Å². The fraction of sp³-hybridized carbons (Fsp3) is 0.750. The molecule has 102 valence electrons. The molecule has 6 nitrogen and oxygen atoms in total. The SMILES string of the molecule is CCOC(=O)CNC(=O)CC1(C(=O)O)CCCC1. The number of carbonyl (C=O) groups excluding carboxylic acids is 2. The van der Waals surface area contributed by atoms with Crippen molar-refractivity contribution in [1.82, 2.24) is 5.32 Å². The Labute approximate surface area is 106 Å². The molecule has 0 atom stereocenters. The molecule has 0 heterocycles. The minimum Gasteiger partial charge on any atom is -0.481 e. The van der Waals surface area contributed by atoms with Gasteiger partial charge >= 0.3 is 11.9 Å². The second-order valence-electron chi connectivity index (χ2n) is 4.55. The molecule has 1 aliphatic carbocycles. The molecule has 0 aromatic heterocycles. The fourth-order valence-electron chi connectivity index (χ4n) is 2.27. The molecule has 18 heavy (non-hydrogen) atoms.